The second-order valence-electron chi connectivity index (χ2n) is 7.31. The SMILES string of the molecule is CCCCN(Cc1ccccc1)S(=O)(=O)c1ccc2nc(-c3ccccc3)[nH]c2c1. The largest absolute Gasteiger partial charge is 0.338 e. The molecule has 154 valence electrons. The van der Waals surface area contributed by atoms with E-state index in [1.54, 1.807) is 22.5 Å². The van der Waals surface area contributed by atoms with Crippen LogP contribution in [0.25, 0.3) is 22.4 Å². The number of aromatic amines is 1. The van der Waals surface area contributed by atoms with Crippen LogP contribution in [0, 0.1) is 0 Å². The van der Waals surface area contributed by atoms with Crippen LogP contribution in [0.1, 0.15) is 25.3 Å². The Morgan fingerprint density at radius 3 is 2.33 bits per heavy atom. The lowest BCUT2D eigenvalue weighted by Crippen LogP contribution is -2.31. The maximum atomic E-state index is 13.5. The van der Waals surface area contributed by atoms with Crippen molar-refractivity contribution >= 4 is 21.1 Å². The molecule has 6 heteroatoms. The van der Waals surface area contributed by atoms with Crippen molar-refractivity contribution in [2.75, 3.05) is 6.54 Å². The Morgan fingerprint density at radius 2 is 1.63 bits per heavy atom. The van der Waals surface area contributed by atoms with Crippen LogP contribution >= 0.6 is 0 Å². The van der Waals surface area contributed by atoms with Gasteiger partial charge >= 0.3 is 0 Å². The molecule has 0 aliphatic carbocycles. The van der Waals surface area contributed by atoms with Crippen LogP contribution in [0.15, 0.2) is 83.8 Å². The lowest BCUT2D eigenvalue weighted by molar-refractivity contribution is 0.398. The fourth-order valence-electron chi connectivity index (χ4n) is 3.44. The Bertz CT molecular complexity index is 1220. The normalized spacial score (nSPS) is 11.9. The van der Waals surface area contributed by atoms with Crippen molar-refractivity contribution in [1.82, 2.24) is 14.3 Å². The van der Waals surface area contributed by atoms with Crippen molar-refractivity contribution in [2.24, 2.45) is 0 Å². The number of fused-ring (bicyclic) bond motifs is 1. The highest BCUT2D eigenvalue weighted by Crippen LogP contribution is 2.25. The van der Waals surface area contributed by atoms with Gasteiger partial charge in [0, 0.05) is 18.7 Å². The number of sulfonamides is 1. The highest BCUT2D eigenvalue weighted by Gasteiger charge is 2.25. The molecule has 1 heterocycles. The predicted molar refractivity (Wildman–Crippen MR) is 120 cm³/mol. The van der Waals surface area contributed by atoms with Crippen LogP contribution in [-0.4, -0.2) is 29.2 Å². The van der Waals surface area contributed by atoms with Gasteiger partial charge in [-0.1, -0.05) is 74.0 Å². The van der Waals surface area contributed by atoms with E-state index in [1.165, 1.54) is 0 Å². The lowest BCUT2D eigenvalue weighted by atomic mass is 10.2. The van der Waals surface area contributed by atoms with Crippen LogP contribution in [0.3, 0.4) is 0 Å². The number of hydrogen-bond acceptors (Lipinski definition) is 3. The predicted octanol–water partition coefficient (Wildman–Crippen LogP) is 5.22. The van der Waals surface area contributed by atoms with Crippen molar-refractivity contribution in [3.63, 3.8) is 0 Å². The highest BCUT2D eigenvalue weighted by atomic mass is 32.2. The fraction of sp³-hybridized carbons (Fsp3) is 0.208. The number of H-pyrrole nitrogens is 1. The van der Waals surface area contributed by atoms with Crippen molar-refractivity contribution in [3.05, 3.63) is 84.4 Å². The third-order valence-electron chi connectivity index (χ3n) is 5.10. The van der Waals surface area contributed by atoms with Crippen LogP contribution < -0.4 is 0 Å². The Hall–Kier alpha value is -2.96. The van der Waals surface area contributed by atoms with Gasteiger partial charge in [0.2, 0.25) is 10.0 Å². The number of unbranched alkanes of at least 4 members (excludes halogenated alkanes) is 1. The summed E-state index contributed by atoms with van der Waals surface area (Å²) in [6.07, 6.45) is 1.75. The Balaban J connectivity index is 1.68. The summed E-state index contributed by atoms with van der Waals surface area (Å²) in [5, 5.41) is 0. The van der Waals surface area contributed by atoms with Crippen molar-refractivity contribution in [3.8, 4) is 11.4 Å². The van der Waals surface area contributed by atoms with E-state index in [0.29, 0.717) is 18.6 Å². The highest BCUT2D eigenvalue weighted by molar-refractivity contribution is 7.89. The zero-order valence-electron chi connectivity index (χ0n) is 17.0. The van der Waals surface area contributed by atoms with Crippen LogP contribution in [0.2, 0.25) is 0 Å². The van der Waals surface area contributed by atoms with Gasteiger partial charge in [-0.05, 0) is 30.2 Å². The molecule has 5 nitrogen and oxygen atoms in total. The summed E-state index contributed by atoms with van der Waals surface area (Å²) in [5.74, 6) is 0.729. The number of hydrogen-bond donors (Lipinski definition) is 1. The number of nitrogens with one attached hydrogen (secondary N) is 1. The average Bonchev–Trinajstić information content (AvgIpc) is 3.21. The smallest absolute Gasteiger partial charge is 0.243 e. The molecule has 1 N–H and O–H groups in total. The maximum Gasteiger partial charge on any atom is 0.243 e. The zero-order valence-corrected chi connectivity index (χ0v) is 17.8. The van der Waals surface area contributed by atoms with Crippen molar-refractivity contribution in [2.45, 2.75) is 31.2 Å². The van der Waals surface area contributed by atoms with E-state index < -0.39 is 10.0 Å². The van der Waals surface area contributed by atoms with E-state index in [2.05, 4.69) is 16.9 Å². The van der Waals surface area contributed by atoms with Gasteiger partial charge in [-0.3, -0.25) is 0 Å². The summed E-state index contributed by atoms with van der Waals surface area (Å²) < 4.78 is 28.5. The minimum Gasteiger partial charge on any atom is -0.338 e. The van der Waals surface area contributed by atoms with E-state index in [4.69, 9.17) is 0 Å². The topological polar surface area (TPSA) is 66.1 Å². The third kappa shape index (κ3) is 4.30. The van der Waals surface area contributed by atoms with E-state index in [9.17, 15) is 8.42 Å². The molecule has 0 spiro atoms. The molecule has 3 aromatic carbocycles. The van der Waals surface area contributed by atoms with Gasteiger partial charge in [0.1, 0.15) is 5.82 Å². The first-order valence-electron chi connectivity index (χ1n) is 10.2. The number of imidazole rings is 1. The Labute approximate surface area is 177 Å². The van der Waals surface area contributed by atoms with E-state index in [-0.39, 0.29) is 4.90 Å². The Kier molecular flexibility index (Phi) is 5.97. The van der Waals surface area contributed by atoms with Gasteiger partial charge in [-0.2, -0.15) is 4.31 Å². The average molecular weight is 420 g/mol. The molecule has 0 saturated carbocycles. The summed E-state index contributed by atoms with van der Waals surface area (Å²) in [7, 11) is -3.63. The number of rotatable bonds is 8. The fourth-order valence-corrected chi connectivity index (χ4v) is 4.93. The first-order chi connectivity index (χ1) is 14.6. The molecular weight excluding hydrogens is 394 g/mol. The van der Waals surface area contributed by atoms with E-state index in [0.717, 1.165) is 35.3 Å². The van der Waals surface area contributed by atoms with E-state index in [1.807, 2.05) is 60.7 Å². The second kappa shape index (κ2) is 8.81. The van der Waals surface area contributed by atoms with Gasteiger partial charge in [0.25, 0.3) is 0 Å². The minimum absolute atomic E-state index is 0.283. The molecule has 4 aromatic rings. The van der Waals surface area contributed by atoms with Gasteiger partial charge in [-0.25, -0.2) is 13.4 Å². The second-order valence-corrected chi connectivity index (χ2v) is 9.25. The van der Waals surface area contributed by atoms with Crippen LogP contribution in [0.4, 0.5) is 0 Å². The molecule has 0 radical (unpaired) electrons. The van der Waals surface area contributed by atoms with Crippen molar-refractivity contribution in [1.29, 1.82) is 0 Å². The quantitative estimate of drug-likeness (QED) is 0.426. The first-order valence-corrected chi connectivity index (χ1v) is 11.6. The number of benzene rings is 3. The zero-order chi connectivity index (χ0) is 21.0. The summed E-state index contributed by atoms with van der Waals surface area (Å²) in [4.78, 5) is 8.15. The number of aromatic nitrogens is 2. The first kappa shape index (κ1) is 20.3. The summed E-state index contributed by atoms with van der Waals surface area (Å²) in [5.41, 5.74) is 3.40. The molecule has 4 rings (SSSR count). The molecule has 30 heavy (non-hydrogen) atoms. The summed E-state index contributed by atoms with van der Waals surface area (Å²) >= 11 is 0. The monoisotopic (exact) mass is 419 g/mol. The van der Waals surface area contributed by atoms with Gasteiger partial charge in [0.05, 0.1) is 15.9 Å². The standard InChI is InChI=1S/C24H25N3O2S/c1-2-3-16-27(18-19-10-6-4-7-11-19)30(28,29)21-14-15-22-23(17-21)26-24(25-22)20-12-8-5-9-13-20/h4-15,17H,2-3,16,18H2,1H3,(H,25,26). The van der Waals surface area contributed by atoms with E-state index >= 15 is 0 Å². The molecule has 0 amide bonds. The number of nitrogens with zero attached hydrogens (tertiary/aromatic N) is 2. The molecule has 0 fully saturated rings. The molecule has 0 bridgehead atoms. The molecule has 1 aromatic heterocycles. The molecule has 0 aliphatic heterocycles. The Morgan fingerprint density at radius 1 is 0.933 bits per heavy atom. The van der Waals surface area contributed by atoms with Gasteiger partial charge in [0.15, 0.2) is 0 Å². The lowest BCUT2D eigenvalue weighted by Gasteiger charge is -2.22. The van der Waals surface area contributed by atoms with Crippen molar-refractivity contribution < 1.29 is 8.42 Å². The molecular formula is C24H25N3O2S. The van der Waals surface area contributed by atoms with Gasteiger partial charge < -0.3 is 4.98 Å². The van der Waals surface area contributed by atoms with Crippen LogP contribution in [0.5, 0.6) is 0 Å². The molecule has 0 aliphatic rings. The maximum absolute atomic E-state index is 13.5. The minimum atomic E-state index is -3.63. The van der Waals surface area contributed by atoms with Gasteiger partial charge in [-0.15, -0.1) is 0 Å². The molecule has 0 saturated heterocycles. The molecule has 0 unspecified atom stereocenters. The summed E-state index contributed by atoms with van der Waals surface area (Å²) in [6.45, 7) is 2.92. The van der Waals surface area contributed by atoms with Crippen LogP contribution in [-0.2, 0) is 16.6 Å². The summed E-state index contributed by atoms with van der Waals surface area (Å²) in [6, 6.07) is 24.6. The third-order valence-corrected chi connectivity index (χ3v) is 6.94. The molecule has 0 atom stereocenters.